The smallest absolute Gasteiger partial charge is 0.274 e. The zero-order chi connectivity index (χ0) is 19.3. The number of aromatic nitrogens is 3. The monoisotopic (exact) mass is 374 g/mol. The summed E-state index contributed by atoms with van der Waals surface area (Å²) in [6.07, 6.45) is 5.21. The van der Waals surface area contributed by atoms with E-state index in [-0.39, 0.29) is 5.91 Å². The van der Waals surface area contributed by atoms with Gasteiger partial charge in [0.1, 0.15) is 5.69 Å². The molecule has 1 amide bonds. The van der Waals surface area contributed by atoms with Gasteiger partial charge in [0.15, 0.2) is 0 Å². The Balaban J connectivity index is 1.42. The average Bonchev–Trinajstić information content (AvgIpc) is 2.75. The molecule has 4 rings (SSSR count). The van der Waals surface area contributed by atoms with E-state index in [9.17, 15) is 4.79 Å². The predicted octanol–water partition coefficient (Wildman–Crippen LogP) is 2.76. The van der Waals surface area contributed by atoms with Crippen LogP contribution in [0.5, 0.6) is 0 Å². The molecule has 0 saturated carbocycles. The first-order chi connectivity index (χ1) is 13.7. The number of benzene rings is 1. The van der Waals surface area contributed by atoms with Crippen molar-refractivity contribution in [2.45, 2.75) is 6.92 Å². The Kier molecular flexibility index (Phi) is 5.14. The third-order valence-electron chi connectivity index (χ3n) is 4.73. The summed E-state index contributed by atoms with van der Waals surface area (Å²) in [4.78, 5) is 29.9. The van der Waals surface area contributed by atoms with Crippen molar-refractivity contribution >= 4 is 23.2 Å². The number of carbonyl (C=O) groups excluding carboxylic acids is 1. The summed E-state index contributed by atoms with van der Waals surface area (Å²) in [5.41, 5.74) is 3.28. The number of amides is 1. The lowest BCUT2D eigenvalue weighted by Crippen LogP contribution is -2.47. The second-order valence-corrected chi connectivity index (χ2v) is 6.75. The van der Waals surface area contributed by atoms with Crippen LogP contribution in [0.15, 0.2) is 61.1 Å². The molecule has 7 heteroatoms. The molecular weight excluding hydrogens is 352 g/mol. The highest BCUT2D eigenvalue weighted by Crippen LogP contribution is 2.19. The highest BCUT2D eigenvalue weighted by Gasteiger charge is 2.20. The molecule has 0 atom stereocenters. The summed E-state index contributed by atoms with van der Waals surface area (Å²) < 4.78 is 0. The SMILES string of the molecule is Cc1cccc(NC(=O)c2cc(N3CCN(c4ncccn4)CC3)ccn2)c1. The van der Waals surface area contributed by atoms with Gasteiger partial charge >= 0.3 is 0 Å². The zero-order valence-corrected chi connectivity index (χ0v) is 15.7. The van der Waals surface area contributed by atoms with E-state index in [1.807, 2.05) is 49.4 Å². The number of carbonyl (C=O) groups is 1. The molecule has 142 valence electrons. The molecule has 0 spiro atoms. The van der Waals surface area contributed by atoms with Crippen LogP contribution in [-0.4, -0.2) is 47.0 Å². The molecule has 1 aromatic carbocycles. The lowest BCUT2D eigenvalue weighted by atomic mass is 10.2. The predicted molar refractivity (Wildman–Crippen MR) is 110 cm³/mol. The molecule has 3 aromatic rings. The number of piperazine rings is 1. The average molecular weight is 374 g/mol. The molecule has 1 fully saturated rings. The molecule has 1 aliphatic heterocycles. The van der Waals surface area contributed by atoms with Crippen LogP contribution in [0.2, 0.25) is 0 Å². The molecule has 28 heavy (non-hydrogen) atoms. The lowest BCUT2D eigenvalue weighted by Gasteiger charge is -2.36. The summed E-state index contributed by atoms with van der Waals surface area (Å²) in [6.45, 7) is 5.32. The highest BCUT2D eigenvalue weighted by atomic mass is 16.1. The van der Waals surface area contributed by atoms with Gasteiger partial charge in [-0.25, -0.2) is 9.97 Å². The number of rotatable bonds is 4. The van der Waals surface area contributed by atoms with Crippen LogP contribution in [0.4, 0.5) is 17.3 Å². The summed E-state index contributed by atoms with van der Waals surface area (Å²) in [5, 5.41) is 2.91. The summed E-state index contributed by atoms with van der Waals surface area (Å²) in [5.74, 6) is 0.555. The molecule has 0 bridgehead atoms. The van der Waals surface area contributed by atoms with Gasteiger partial charge in [-0.1, -0.05) is 12.1 Å². The van der Waals surface area contributed by atoms with Crippen molar-refractivity contribution in [1.82, 2.24) is 15.0 Å². The summed E-state index contributed by atoms with van der Waals surface area (Å²) in [7, 11) is 0. The Hall–Kier alpha value is -3.48. The van der Waals surface area contributed by atoms with Crippen LogP contribution >= 0.6 is 0 Å². The maximum Gasteiger partial charge on any atom is 0.274 e. The number of hydrogen-bond acceptors (Lipinski definition) is 6. The normalized spacial score (nSPS) is 14.0. The van der Waals surface area contributed by atoms with Gasteiger partial charge in [-0.3, -0.25) is 9.78 Å². The van der Waals surface area contributed by atoms with E-state index in [4.69, 9.17) is 0 Å². The molecule has 1 aliphatic rings. The standard InChI is InChI=1S/C21H22N6O/c1-16-4-2-5-17(14-16)25-20(28)19-15-18(6-9-22-19)26-10-12-27(13-11-26)21-23-7-3-8-24-21/h2-9,14-15H,10-13H2,1H3,(H,25,28). The van der Waals surface area contributed by atoms with Crippen molar-refractivity contribution in [2.75, 3.05) is 41.3 Å². The topological polar surface area (TPSA) is 74.2 Å². The fraction of sp³-hybridized carbons (Fsp3) is 0.238. The first kappa shape index (κ1) is 17.9. The van der Waals surface area contributed by atoms with E-state index >= 15 is 0 Å². The molecule has 1 N–H and O–H groups in total. The maximum absolute atomic E-state index is 12.6. The molecule has 0 unspecified atom stereocenters. The number of nitrogens with one attached hydrogen (secondary N) is 1. The van der Waals surface area contributed by atoms with E-state index in [1.165, 1.54) is 0 Å². The minimum absolute atomic E-state index is 0.205. The van der Waals surface area contributed by atoms with Crippen LogP contribution in [-0.2, 0) is 0 Å². The zero-order valence-electron chi connectivity index (χ0n) is 15.7. The molecule has 2 aromatic heterocycles. The molecular formula is C21H22N6O. The first-order valence-corrected chi connectivity index (χ1v) is 9.30. The molecule has 0 aliphatic carbocycles. The Bertz CT molecular complexity index is 954. The van der Waals surface area contributed by atoms with Crippen molar-refractivity contribution in [3.05, 3.63) is 72.3 Å². The van der Waals surface area contributed by atoms with Gasteiger partial charge in [-0.15, -0.1) is 0 Å². The Morgan fingerprint density at radius 1 is 0.893 bits per heavy atom. The van der Waals surface area contributed by atoms with Gasteiger partial charge in [-0.2, -0.15) is 0 Å². The van der Waals surface area contributed by atoms with Crippen LogP contribution in [0.25, 0.3) is 0 Å². The third-order valence-corrected chi connectivity index (χ3v) is 4.73. The maximum atomic E-state index is 12.6. The number of nitrogens with zero attached hydrogens (tertiary/aromatic N) is 5. The fourth-order valence-electron chi connectivity index (χ4n) is 3.28. The second-order valence-electron chi connectivity index (χ2n) is 6.75. The summed E-state index contributed by atoms with van der Waals surface area (Å²) >= 11 is 0. The lowest BCUT2D eigenvalue weighted by molar-refractivity contribution is 0.102. The molecule has 7 nitrogen and oxygen atoms in total. The van der Waals surface area contributed by atoms with Crippen LogP contribution < -0.4 is 15.1 Å². The van der Waals surface area contributed by atoms with E-state index in [0.717, 1.165) is 49.1 Å². The number of anilines is 3. The molecule has 1 saturated heterocycles. The van der Waals surface area contributed by atoms with Crippen molar-refractivity contribution in [3.63, 3.8) is 0 Å². The van der Waals surface area contributed by atoms with Crippen molar-refractivity contribution in [3.8, 4) is 0 Å². The largest absolute Gasteiger partial charge is 0.368 e. The second kappa shape index (κ2) is 8.04. The van der Waals surface area contributed by atoms with Crippen LogP contribution in [0.1, 0.15) is 16.1 Å². The van der Waals surface area contributed by atoms with E-state index < -0.39 is 0 Å². The minimum atomic E-state index is -0.205. The highest BCUT2D eigenvalue weighted by molar-refractivity contribution is 6.03. The van der Waals surface area contributed by atoms with Crippen LogP contribution in [0, 0.1) is 6.92 Å². The van der Waals surface area contributed by atoms with Gasteiger partial charge in [0.05, 0.1) is 0 Å². The van der Waals surface area contributed by atoms with Crippen LogP contribution in [0.3, 0.4) is 0 Å². The Morgan fingerprint density at radius 3 is 2.39 bits per heavy atom. The fourth-order valence-corrected chi connectivity index (χ4v) is 3.28. The van der Waals surface area contributed by atoms with Gasteiger partial charge in [0.25, 0.3) is 5.91 Å². The quantitative estimate of drug-likeness (QED) is 0.757. The van der Waals surface area contributed by atoms with Crippen molar-refractivity contribution < 1.29 is 4.79 Å². The Labute approximate surface area is 164 Å². The minimum Gasteiger partial charge on any atom is -0.368 e. The molecule has 0 radical (unpaired) electrons. The van der Waals surface area contributed by atoms with Crippen molar-refractivity contribution in [2.24, 2.45) is 0 Å². The number of aryl methyl sites for hydroxylation is 1. The third kappa shape index (κ3) is 4.09. The van der Waals surface area contributed by atoms with E-state index in [2.05, 4.69) is 30.1 Å². The Morgan fingerprint density at radius 2 is 1.64 bits per heavy atom. The first-order valence-electron chi connectivity index (χ1n) is 9.30. The van der Waals surface area contributed by atoms with E-state index in [0.29, 0.717) is 5.69 Å². The van der Waals surface area contributed by atoms with Gasteiger partial charge < -0.3 is 15.1 Å². The van der Waals surface area contributed by atoms with Crippen molar-refractivity contribution in [1.29, 1.82) is 0 Å². The van der Waals surface area contributed by atoms with E-state index in [1.54, 1.807) is 18.6 Å². The molecule has 3 heterocycles. The summed E-state index contributed by atoms with van der Waals surface area (Å²) in [6, 6.07) is 13.3. The van der Waals surface area contributed by atoms with Gasteiger partial charge in [0.2, 0.25) is 5.95 Å². The van der Waals surface area contributed by atoms with Gasteiger partial charge in [0, 0.05) is 56.1 Å². The number of pyridine rings is 1. The van der Waals surface area contributed by atoms with Gasteiger partial charge in [-0.05, 0) is 42.8 Å². The number of hydrogen-bond donors (Lipinski definition) is 1.